The molecule has 0 bridgehead atoms. The molecule has 0 unspecified atom stereocenters. The third kappa shape index (κ3) is 4.52. The minimum atomic E-state index is -0.478. The minimum absolute atomic E-state index is 0.402. The molecule has 0 atom stereocenters. The van der Waals surface area contributed by atoms with E-state index in [0.29, 0.717) is 13.0 Å². The predicted molar refractivity (Wildman–Crippen MR) is 105 cm³/mol. The van der Waals surface area contributed by atoms with Gasteiger partial charge in [-0.3, -0.25) is 0 Å². The summed E-state index contributed by atoms with van der Waals surface area (Å²) in [6, 6.07) is 14.7. The van der Waals surface area contributed by atoms with Crippen LogP contribution in [-0.4, -0.2) is 18.2 Å². The molecule has 0 aliphatic heterocycles. The van der Waals surface area contributed by atoms with Crippen LogP contribution < -0.4 is 5.32 Å². The Kier molecular flexibility index (Phi) is 4.96. The number of hydrogen-bond donors (Lipinski definition) is 1. The van der Waals surface area contributed by atoms with Crippen LogP contribution in [0.2, 0.25) is 0 Å². The van der Waals surface area contributed by atoms with Gasteiger partial charge in [0.25, 0.3) is 0 Å². The molecule has 3 aromatic rings. The zero-order chi connectivity index (χ0) is 17.9. The number of thiophene rings is 1. The van der Waals surface area contributed by atoms with E-state index in [1.807, 2.05) is 26.8 Å². The lowest BCUT2D eigenvalue weighted by molar-refractivity contribution is 0.0529. The monoisotopic (exact) mass is 351 g/mol. The van der Waals surface area contributed by atoms with Crippen molar-refractivity contribution in [3.05, 3.63) is 48.0 Å². The largest absolute Gasteiger partial charge is 0.444 e. The van der Waals surface area contributed by atoms with Gasteiger partial charge in [0.05, 0.1) is 0 Å². The van der Waals surface area contributed by atoms with E-state index in [-0.39, 0.29) is 0 Å². The summed E-state index contributed by atoms with van der Waals surface area (Å²) in [4.78, 5) is 11.6. The summed E-state index contributed by atoms with van der Waals surface area (Å²) in [6.45, 7) is 6.01. The maximum Gasteiger partial charge on any atom is 0.407 e. The fourth-order valence-electron chi connectivity index (χ4n) is 2.51. The number of carbonyl (C=O) groups is 1. The van der Waals surface area contributed by atoms with Gasteiger partial charge in [-0.05, 0) is 45.0 Å². The van der Waals surface area contributed by atoms with Gasteiger partial charge >= 0.3 is 6.09 Å². The highest BCUT2D eigenvalue weighted by Gasteiger charge is 2.15. The lowest BCUT2D eigenvalue weighted by Gasteiger charge is -2.19. The number of fused-ring (bicyclic) bond motifs is 3. The molecule has 3 nitrogen and oxygen atoms in total. The number of alkyl carbamates (subject to hydrolysis) is 1. The van der Waals surface area contributed by atoms with Gasteiger partial charge in [-0.15, -0.1) is 11.3 Å². The van der Waals surface area contributed by atoms with Crippen molar-refractivity contribution in [1.82, 2.24) is 5.32 Å². The molecule has 4 heteroatoms. The number of nitrogens with one attached hydrogen (secondary N) is 1. The molecular weight excluding hydrogens is 330 g/mol. The molecule has 0 radical (unpaired) electrons. The van der Waals surface area contributed by atoms with E-state index < -0.39 is 11.7 Å². The standard InChI is InChI=1S/C21H21NO2S/c1-21(2,3)24-20(23)22-13-7-6-8-15-11-12-19-17(14-15)16-9-4-5-10-18(16)25-19/h4-5,9-12,14H,7,13H2,1-3H3,(H,22,23). The smallest absolute Gasteiger partial charge is 0.407 e. The molecule has 0 aliphatic rings. The SMILES string of the molecule is CC(C)(C)OC(=O)NCCC#Cc1ccc2sc3ccccc3c2c1. The summed E-state index contributed by atoms with van der Waals surface area (Å²) in [6.07, 6.45) is 0.183. The maximum atomic E-state index is 11.6. The fourth-order valence-corrected chi connectivity index (χ4v) is 3.60. The molecule has 0 saturated carbocycles. The molecule has 1 heterocycles. The summed E-state index contributed by atoms with van der Waals surface area (Å²) in [5.74, 6) is 6.28. The quantitative estimate of drug-likeness (QED) is 0.501. The van der Waals surface area contributed by atoms with E-state index in [4.69, 9.17) is 4.74 Å². The summed E-state index contributed by atoms with van der Waals surface area (Å²) in [7, 11) is 0. The molecule has 1 amide bonds. The zero-order valence-corrected chi connectivity index (χ0v) is 15.5. The highest BCUT2D eigenvalue weighted by molar-refractivity contribution is 7.25. The van der Waals surface area contributed by atoms with Crippen LogP contribution in [0.3, 0.4) is 0 Å². The van der Waals surface area contributed by atoms with Crippen molar-refractivity contribution < 1.29 is 9.53 Å². The van der Waals surface area contributed by atoms with Crippen LogP contribution in [0.15, 0.2) is 42.5 Å². The van der Waals surface area contributed by atoms with Crippen LogP contribution in [0.25, 0.3) is 20.2 Å². The average Bonchev–Trinajstić information content (AvgIpc) is 2.91. The summed E-state index contributed by atoms with van der Waals surface area (Å²) in [5.41, 5.74) is 0.516. The molecule has 128 valence electrons. The second kappa shape index (κ2) is 7.16. The van der Waals surface area contributed by atoms with Crippen molar-refractivity contribution in [2.45, 2.75) is 32.8 Å². The number of carbonyl (C=O) groups excluding carboxylic acids is 1. The van der Waals surface area contributed by atoms with Crippen molar-refractivity contribution in [2.75, 3.05) is 6.54 Å². The Morgan fingerprint density at radius 3 is 2.68 bits per heavy atom. The first kappa shape index (κ1) is 17.3. The van der Waals surface area contributed by atoms with Gasteiger partial charge in [0, 0.05) is 38.7 Å². The van der Waals surface area contributed by atoms with E-state index in [9.17, 15) is 4.79 Å². The number of ether oxygens (including phenoxy) is 1. The minimum Gasteiger partial charge on any atom is -0.444 e. The molecule has 0 saturated heterocycles. The van der Waals surface area contributed by atoms with E-state index in [1.165, 1.54) is 20.2 Å². The Morgan fingerprint density at radius 2 is 1.88 bits per heavy atom. The molecule has 0 fully saturated rings. The van der Waals surface area contributed by atoms with Crippen molar-refractivity contribution in [3.63, 3.8) is 0 Å². The van der Waals surface area contributed by atoms with Gasteiger partial charge in [-0.25, -0.2) is 4.79 Å². The van der Waals surface area contributed by atoms with Crippen LogP contribution in [0.1, 0.15) is 32.8 Å². The van der Waals surface area contributed by atoms with Crippen LogP contribution in [-0.2, 0) is 4.74 Å². The van der Waals surface area contributed by atoms with Gasteiger partial charge in [0.2, 0.25) is 0 Å². The van der Waals surface area contributed by atoms with Gasteiger partial charge in [0.15, 0.2) is 0 Å². The third-order valence-electron chi connectivity index (χ3n) is 3.53. The van der Waals surface area contributed by atoms with Gasteiger partial charge in [-0.2, -0.15) is 0 Å². The Morgan fingerprint density at radius 1 is 1.12 bits per heavy atom. The predicted octanol–water partition coefficient (Wildman–Crippen LogP) is 5.32. The number of rotatable bonds is 2. The maximum absolute atomic E-state index is 11.6. The molecular formula is C21H21NO2S. The third-order valence-corrected chi connectivity index (χ3v) is 4.68. The topological polar surface area (TPSA) is 38.3 Å². The van der Waals surface area contributed by atoms with E-state index in [1.54, 1.807) is 11.3 Å². The van der Waals surface area contributed by atoms with Crippen LogP contribution >= 0.6 is 11.3 Å². The van der Waals surface area contributed by atoms with Crippen LogP contribution in [0.5, 0.6) is 0 Å². The summed E-state index contributed by atoms with van der Waals surface area (Å²) in [5, 5.41) is 5.24. The van der Waals surface area contributed by atoms with Crippen molar-refractivity contribution in [2.24, 2.45) is 0 Å². The van der Waals surface area contributed by atoms with Crippen molar-refractivity contribution in [1.29, 1.82) is 0 Å². The first-order valence-corrected chi connectivity index (χ1v) is 9.11. The van der Waals surface area contributed by atoms with Crippen molar-refractivity contribution >= 4 is 37.6 Å². The van der Waals surface area contributed by atoms with Crippen LogP contribution in [0.4, 0.5) is 4.79 Å². The summed E-state index contributed by atoms with van der Waals surface area (Å²) >= 11 is 1.80. The van der Waals surface area contributed by atoms with Gasteiger partial charge in [-0.1, -0.05) is 30.0 Å². The first-order valence-electron chi connectivity index (χ1n) is 8.29. The molecule has 2 aromatic carbocycles. The lowest BCUT2D eigenvalue weighted by atomic mass is 10.1. The van der Waals surface area contributed by atoms with E-state index in [0.717, 1.165) is 5.56 Å². The lowest BCUT2D eigenvalue weighted by Crippen LogP contribution is -2.32. The number of benzene rings is 2. The number of hydrogen-bond acceptors (Lipinski definition) is 3. The van der Waals surface area contributed by atoms with E-state index in [2.05, 4.69) is 53.6 Å². The fraction of sp³-hybridized carbons (Fsp3) is 0.286. The molecule has 0 aliphatic carbocycles. The van der Waals surface area contributed by atoms with E-state index >= 15 is 0 Å². The normalized spacial score (nSPS) is 11.2. The Labute approximate surface area is 152 Å². The van der Waals surface area contributed by atoms with Crippen LogP contribution in [0, 0.1) is 11.8 Å². The second-order valence-electron chi connectivity index (χ2n) is 6.79. The Bertz CT molecular complexity index is 970. The molecule has 25 heavy (non-hydrogen) atoms. The molecule has 3 rings (SSSR count). The van der Waals surface area contributed by atoms with Crippen molar-refractivity contribution in [3.8, 4) is 11.8 Å². The summed E-state index contributed by atoms with van der Waals surface area (Å²) < 4.78 is 7.76. The zero-order valence-electron chi connectivity index (χ0n) is 14.7. The highest BCUT2D eigenvalue weighted by Crippen LogP contribution is 2.33. The molecule has 1 N–H and O–H groups in total. The Balaban J connectivity index is 1.63. The first-order chi connectivity index (χ1) is 11.9. The molecule has 1 aromatic heterocycles. The van der Waals surface area contributed by atoms with Gasteiger partial charge < -0.3 is 10.1 Å². The highest BCUT2D eigenvalue weighted by atomic mass is 32.1. The molecule has 0 spiro atoms. The Hall–Kier alpha value is -2.51. The second-order valence-corrected chi connectivity index (χ2v) is 7.87. The van der Waals surface area contributed by atoms with Gasteiger partial charge in [0.1, 0.15) is 5.60 Å². The number of amides is 1. The average molecular weight is 351 g/mol.